The lowest BCUT2D eigenvalue weighted by Gasteiger charge is -2.24. The second-order valence-corrected chi connectivity index (χ2v) is 6.27. The van der Waals surface area contributed by atoms with E-state index in [0.717, 1.165) is 13.1 Å². The minimum atomic E-state index is -4.77. The summed E-state index contributed by atoms with van der Waals surface area (Å²) in [6, 6.07) is 6.57. The number of nitrogens with zero attached hydrogens (tertiary/aromatic N) is 2. The molecule has 2 heterocycles. The van der Waals surface area contributed by atoms with Crippen molar-refractivity contribution in [1.29, 1.82) is 0 Å². The van der Waals surface area contributed by atoms with Crippen LogP contribution in [0.4, 0.5) is 13.2 Å². The van der Waals surface area contributed by atoms with Crippen LogP contribution in [0.1, 0.15) is 18.5 Å². The van der Waals surface area contributed by atoms with Crippen LogP contribution >= 0.6 is 11.6 Å². The molecule has 0 spiro atoms. The molecule has 1 amide bonds. The van der Waals surface area contributed by atoms with Crippen molar-refractivity contribution in [1.82, 2.24) is 10.3 Å². The van der Waals surface area contributed by atoms with Gasteiger partial charge in [0.2, 0.25) is 5.91 Å². The number of pyridine rings is 2. The van der Waals surface area contributed by atoms with E-state index < -0.39 is 18.1 Å². The van der Waals surface area contributed by atoms with Crippen molar-refractivity contribution in [3.63, 3.8) is 0 Å². The summed E-state index contributed by atoms with van der Waals surface area (Å²) in [7, 11) is 0. The Labute approximate surface area is 157 Å². The minimum absolute atomic E-state index is 0.0862. The molecule has 1 atom stereocenters. The number of amides is 1. The summed E-state index contributed by atoms with van der Waals surface area (Å²) in [5.74, 6) is -0.846. The van der Waals surface area contributed by atoms with Gasteiger partial charge in [-0.05, 0) is 18.2 Å². The Kier molecular flexibility index (Phi) is 4.93. The van der Waals surface area contributed by atoms with Gasteiger partial charge in [-0.15, -0.1) is 0 Å². The van der Waals surface area contributed by atoms with Gasteiger partial charge in [0.05, 0.1) is 21.8 Å². The third-order valence-corrected chi connectivity index (χ3v) is 4.17. The van der Waals surface area contributed by atoms with E-state index in [1.165, 1.54) is 24.4 Å². The number of alkyl halides is 3. The Balaban J connectivity index is 2.34. The second-order valence-electron chi connectivity index (χ2n) is 5.87. The van der Waals surface area contributed by atoms with Crippen LogP contribution in [0.25, 0.3) is 22.2 Å². The molecular formula is C18H13ClF3N3O2. The molecule has 3 aromatic rings. The molecule has 2 aromatic heterocycles. The molecule has 1 N–H and O–H groups in total. The number of aromatic nitrogens is 2. The van der Waals surface area contributed by atoms with Gasteiger partial charge in [-0.2, -0.15) is 17.9 Å². The van der Waals surface area contributed by atoms with Crippen molar-refractivity contribution in [3.05, 3.63) is 64.6 Å². The van der Waals surface area contributed by atoms with Crippen molar-refractivity contribution >= 4 is 28.4 Å². The van der Waals surface area contributed by atoms with E-state index in [1.807, 2.05) is 5.32 Å². The van der Waals surface area contributed by atoms with E-state index in [9.17, 15) is 23.2 Å². The van der Waals surface area contributed by atoms with Crippen molar-refractivity contribution < 1.29 is 22.7 Å². The van der Waals surface area contributed by atoms with Crippen LogP contribution < -0.4 is 10.0 Å². The van der Waals surface area contributed by atoms with Crippen molar-refractivity contribution in [2.24, 2.45) is 0 Å². The highest BCUT2D eigenvalue weighted by Crippen LogP contribution is 2.39. The Bertz CT molecular complexity index is 1020. The maximum absolute atomic E-state index is 13.7. The molecule has 0 radical (unpaired) electrons. The van der Waals surface area contributed by atoms with E-state index in [0.29, 0.717) is 15.6 Å². The van der Waals surface area contributed by atoms with Gasteiger partial charge in [0.15, 0.2) is 18.4 Å². The fraction of sp³-hybridized carbons (Fsp3) is 0.167. The highest BCUT2D eigenvalue weighted by molar-refractivity contribution is 6.35. The van der Waals surface area contributed by atoms with Crippen LogP contribution in [0.2, 0.25) is 5.02 Å². The lowest BCUT2D eigenvalue weighted by Crippen LogP contribution is -2.37. The Morgan fingerprint density at radius 3 is 2.67 bits per heavy atom. The maximum Gasteiger partial charge on any atom is 0.412 e. The van der Waals surface area contributed by atoms with Gasteiger partial charge in [-0.25, -0.2) is 4.98 Å². The zero-order valence-electron chi connectivity index (χ0n) is 13.9. The highest BCUT2D eigenvalue weighted by atomic mass is 35.5. The maximum atomic E-state index is 13.7. The number of rotatable bonds is 3. The number of nitrogens with one attached hydrogen (secondary N) is 1. The average Bonchev–Trinajstić information content (AvgIpc) is 2.58. The first-order valence-corrected chi connectivity index (χ1v) is 8.17. The zero-order chi connectivity index (χ0) is 19.8. The van der Waals surface area contributed by atoms with Crippen LogP contribution in [-0.2, 0) is 4.79 Å². The van der Waals surface area contributed by atoms with E-state index in [-0.39, 0.29) is 21.8 Å². The quantitative estimate of drug-likeness (QED) is 0.539. The predicted octanol–water partition coefficient (Wildman–Crippen LogP) is 3.93. The topological polar surface area (TPSA) is 68.9 Å². The van der Waals surface area contributed by atoms with Crippen LogP contribution in [0.15, 0.2) is 48.8 Å². The summed E-state index contributed by atoms with van der Waals surface area (Å²) in [6.45, 7) is 0.998. The van der Waals surface area contributed by atoms with Gasteiger partial charge < -0.3 is 10.5 Å². The number of benzene rings is 1. The van der Waals surface area contributed by atoms with Gasteiger partial charge >= 0.3 is 6.18 Å². The molecule has 1 aromatic carbocycles. The SMILES string of the molecule is CC(=O)N[C@H](c1cc2cccc(Cl)c2nc1-c1ccc[n+]([O-])c1)C(F)(F)F. The predicted molar refractivity (Wildman–Crippen MR) is 93.8 cm³/mol. The number of fused-ring (bicyclic) bond motifs is 1. The van der Waals surface area contributed by atoms with Crippen molar-refractivity contribution in [3.8, 4) is 11.3 Å². The zero-order valence-corrected chi connectivity index (χ0v) is 14.7. The molecule has 27 heavy (non-hydrogen) atoms. The van der Waals surface area contributed by atoms with E-state index in [1.54, 1.807) is 18.2 Å². The number of hydrogen-bond acceptors (Lipinski definition) is 3. The number of para-hydroxylation sites is 1. The Morgan fingerprint density at radius 1 is 1.30 bits per heavy atom. The van der Waals surface area contributed by atoms with Crippen LogP contribution in [-0.4, -0.2) is 17.1 Å². The molecule has 0 fully saturated rings. The molecule has 0 aliphatic rings. The molecule has 0 bridgehead atoms. The molecule has 0 saturated heterocycles. The van der Waals surface area contributed by atoms with Crippen LogP contribution in [0, 0.1) is 5.21 Å². The molecule has 9 heteroatoms. The number of carbonyl (C=O) groups excluding carboxylic acids is 1. The molecule has 0 unspecified atom stereocenters. The normalized spacial score (nSPS) is 12.8. The molecule has 5 nitrogen and oxygen atoms in total. The van der Waals surface area contributed by atoms with Gasteiger partial charge in [0.1, 0.15) is 0 Å². The van der Waals surface area contributed by atoms with Gasteiger partial charge in [0.25, 0.3) is 0 Å². The molecule has 0 aliphatic carbocycles. The van der Waals surface area contributed by atoms with Gasteiger partial charge in [-0.3, -0.25) is 4.79 Å². The monoisotopic (exact) mass is 395 g/mol. The lowest BCUT2D eigenvalue weighted by atomic mass is 9.98. The first-order chi connectivity index (χ1) is 12.7. The summed E-state index contributed by atoms with van der Waals surface area (Å²) in [6.07, 6.45) is -2.46. The van der Waals surface area contributed by atoms with Gasteiger partial charge in [0, 0.05) is 23.9 Å². The van der Waals surface area contributed by atoms with E-state index >= 15 is 0 Å². The fourth-order valence-electron chi connectivity index (χ4n) is 2.76. The molecule has 140 valence electrons. The number of hydrogen-bond donors (Lipinski definition) is 1. The minimum Gasteiger partial charge on any atom is -0.619 e. The van der Waals surface area contributed by atoms with Crippen LogP contribution in [0.3, 0.4) is 0 Å². The third-order valence-electron chi connectivity index (χ3n) is 3.86. The van der Waals surface area contributed by atoms with E-state index in [2.05, 4.69) is 4.98 Å². The molecule has 0 saturated carbocycles. The standard InChI is InChI=1S/C18H13ClF3N3O2/c1-10(26)23-17(18(20,21)22)13-8-11-4-2-6-14(19)16(11)24-15(13)12-5-3-7-25(27)9-12/h2-9,17H,1H3,(H,23,26)/t17-/m1/s1. The summed E-state index contributed by atoms with van der Waals surface area (Å²) in [5.41, 5.74) is 0.0995. The fourth-order valence-corrected chi connectivity index (χ4v) is 2.99. The van der Waals surface area contributed by atoms with Crippen molar-refractivity contribution in [2.75, 3.05) is 0 Å². The molecular weight excluding hydrogens is 383 g/mol. The van der Waals surface area contributed by atoms with Crippen LogP contribution in [0.5, 0.6) is 0 Å². The second kappa shape index (κ2) is 7.03. The summed E-state index contributed by atoms with van der Waals surface area (Å²) in [4.78, 5) is 15.7. The highest BCUT2D eigenvalue weighted by Gasteiger charge is 2.43. The number of halogens is 4. The van der Waals surface area contributed by atoms with Crippen molar-refractivity contribution in [2.45, 2.75) is 19.1 Å². The largest absolute Gasteiger partial charge is 0.619 e. The molecule has 0 aliphatic heterocycles. The number of carbonyl (C=O) groups is 1. The smallest absolute Gasteiger partial charge is 0.412 e. The Morgan fingerprint density at radius 2 is 2.04 bits per heavy atom. The summed E-state index contributed by atoms with van der Waals surface area (Å²) >= 11 is 6.13. The Hall–Kier alpha value is -2.87. The first kappa shape index (κ1) is 18.9. The average molecular weight is 396 g/mol. The van der Waals surface area contributed by atoms with Gasteiger partial charge in [-0.1, -0.05) is 23.7 Å². The third kappa shape index (κ3) is 3.95. The summed E-state index contributed by atoms with van der Waals surface area (Å²) in [5, 5.41) is 14.2. The lowest BCUT2D eigenvalue weighted by molar-refractivity contribution is -0.604. The molecule has 3 rings (SSSR count). The summed E-state index contributed by atoms with van der Waals surface area (Å²) < 4.78 is 41.5. The first-order valence-electron chi connectivity index (χ1n) is 7.79. The van der Waals surface area contributed by atoms with E-state index in [4.69, 9.17) is 11.6 Å².